The minimum Gasteiger partial charge on any atom is -0.378 e. The molecule has 90 valence electrons. The molecule has 3 nitrogen and oxygen atoms in total. The molecule has 1 atom stereocenters. The van der Waals surface area contributed by atoms with Gasteiger partial charge in [-0.05, 0) is 32.9 Å². The number of hydrogen-bond donors (Lipinski definition) is 1. The number of nitrogens with one attached hydrogen (secondary N) is 1. The van der Waals surface area contributed by atoms with Gasteiger partial charge in [-0.25, -0.2) is 0 Å². The van der Waals surface area contributed by atoms with E-state index in [-0.39, 0.29) is 5.54 Å². The zero-order valence-corrected chi connectivity index (χ0v) is 10.7. The summed E-state index contributed by atoms with van der Waals surface area (Å²) in [6, 6.07) is 0. The maximum Gasteiger partial charge on any atom is 0.0645 e. The first kappa shape index (κ1) is 12.9. The van der Waals surface area contributed by atoms with Gasteiger partial charge in [0, 0.05) is 18.6 Å². The Hall–Kier alpha value is -0.120. The van der Waals surface area contributed by atoms with Crippen LogP contribution in [0.1, 0.15) is 27.7 Å². The van der Waals surface area contributed by atoms with Crippen molar-refractivity contribution in [3.63, 3.8) is 0 Å². The molecule has 1 aliphatic rings. The summed E-state index contributed by atoms with van der Waals surface area (Å²) in [5.41, 5.74) is 0.207. The molecule has 0 saturated carbocycles. The monoisotopic (exact) mass is 214 g/mol. The second-order valence-corrected chi connectivity index (χ2v) is 5.22. The molecule has 1 N–H and O–H groups in total. The van der Waals surface area contributed by atoms with Crippen molar-refractivity contribution in [3.8, 4) is 0 Å². The third-order valence-corrected chi connectivity index (χ3v) is 3.09. The molecule has 1 heterocycles. The van der Waals surface area contributed by atoms with E-state index in [9.17, 15) is 0 Å². The van der Waals surface area contributed by atoms with E-state index in [1.54, 1.807) is 0 Å². The molecule has 15 heavy (non-hydrogen) atoms. The Labute approximate surface area is 94.2 Å². The van der Waals surface area contributed by atoms with E-state index in [0.29, 0.717) is 5.92 Å². The predicted molar refractivity (Wildman–Crippen MR) is 64.2 cm³/mol. The standard InChI is InChI=1S/C12H26N2O/c1-5-13-8-11(2)9-14-6-7-15-10-12(14,3)4/h11,13H,5-10H2,1-4H3. The van der Waals surface area contributed by atoms with Crippen LogP contribution in [0.4, 0.5) is 0 Å². The van der Waals surface area contributed by atoms with Gasteiger partial charge >= 0.3 is 0 Å². The molecule has 0 aromatic heterocycles. The van der Waals surface area contributed by atoms with Crippen LogP contribution in [0.15, 0.2) is 0 Å². The Balaban J connectivity index is 2.34. The zero-order chi connectivity index (χ0) is 11.3. The molecule has 3 heteroatoms. The van der Waals surface area contributed by atoms with E-state index in [0.717, 1.165) is 32.8 Å². The summed E-state index contributed by atoms with van der Waals surface area (Å²) >= 11 is 0. The fourth-order valence-corrected chi connectivity index (χ4v) is 2.06. The molecule has 0 aromatic rings. The minimum atomic E-state index is 0.207. The maximum absolute atomic E-state index is 5.52. The van der Waals surface area contributed by atoms with Crippen LogP contribution in [0.25, 0.3) is 0 Å². The van der Waals surface area contributed by atoms with Gasteiger partial charge in [-0.3, -0.25) is 4.90 Å². The van der Waals surface area contributed by atoms with Crippen LogP contribution in [-0.4, -0.2) is 49.8 Å². The summed E-state index contributed by atoms with van der Waals surface area (Å²) < 4.78 is 5.52. The molecular weight excluding hydrogens is 188 g/mol. The molecule has 1 rings (SSSR count). The number of hydrogen-bond acceptors (Lipinski definition) is 3. The Morgan fingerprint density at radius 1 is 1.47 bits per heavy atom. The number of nitrogens with zero attached hydrogens (tertiary/aromatic N) is 1. The summed E-state index contributed by atoms with van der Waals surface area (Å²) in [7, 11) is 0. The van der Waals surface area contributed by atoms with Crippen LogP contribution in [0.3, 0.4) is 0 Å². The van der Waals surface area contributed by atoms with E-state index in [4.69, 9.17) is 4.74 Å². The highest BCUT2D eigenvalue weighted by atomic mass is 16.5. The van der Waals surface area contributed by atoms with Crippen molar-refractivity contribution in [2.45, 2.75) is 33.2 Å². The third kappa shape index (κ3) is 4.09. The van der Waals surface area contributed by atoms with E-state index in [2.05, 4.69) is 37.9 Å². The zero-order valence-electron chi connectivity index (χ0n) is 10.7. The predicted octanol–water partition coefficient (Wildman–Crippen LogP) is 1.34. The normalized spacial score (nSPS) is 24.0. The molecule has 1 saturated heterocycles. The smallest absolute Gasteiger partial charge is 0.0645 e. The maximum atomic E-state index is 5.52. The molecule has 1 unspecified atom stereocenters. The lowest BCUT2D eigenvalue weighted by Crippen LogP contribution is -2.54. The van der Waals surface area contributed by atoms with Crippen LogP contribution < -0.4 is 5.32 Å². The molecule has 1 fully saturated rings. The quantitative estimate of drug-likeness (QED) is 0.747. The highest BCUT2D eigenvalue weighted by molar-refractivity contribution is 4.85. The van der Waals surface area contributed by atoms with Crippen LogP contribution in [0.2, 0.25) is 0 Å². The van der Waals surface area contributed by atoms with Gasteiger partial charge in [0.15, 0.2) is 0 Å². The summed E-state index contributed by atoms with van der Waals surface area (Å²) in [4.78, 5) is 2.55. The highest BCUT2D eigenvalue weighted by Gasteiger charge is 2.30. The molecule has 0 radical (unpaired) electrons. The summed E-state index contributed by atoms with van der Waals surface area (Å²) in [6.45, 7) is 15.2. The van der Waals surface area contributed by atoms with Crippen molar-refractivity contribution in [2.24, 2.45) is 5.92 Å². The SMILES string of the molecule is CCNCC(C)CN1CCOCC1(C)C. The molecule has 0 amide bonds. The van der Waals surface area contributed by atoms with E-state index in [1.807, 2.05) is 0 Å². The van der Waals surface area contributed by atoms with Crippen LogP contribution in [0.5, 0.6) is 0 Å². The van der Waals surface area contributed by atoms with Gasteiger partial charge in [0.05, 0.1) is 13.2 Å². The van der Waals surface area contributed by atoms with Gasteiger partial charge in [0.25, 0.3) is 0 Å². The van der Waals surface area contributed by atoms with Gasteiger partial charge in [-0.15, -0.1) is 0 Å². The largest absolute Gasteiger partial charge is 0.378 e. The lowest BCUT2D eigenvalue weighted by molar-refractivity contribution is -0.0561. The van der Waals surface area contributed by atoms with Gasteiger partial charge in [0.2, 0.25) is 0 Å². The fourth-order valence-electron chi connectivity index (χ4n) is 2.06. The first-order chi connectivity index (χ1) is 7.06. The van der Waals surface area contributed by atoms with Gasteiger partial charge in [0.1, 0.15) is 0 Å². The molecule has 0 aliphatic carbocycles. The second-order valence-electron chi connectivity index (χ2n) is 5.22. The van der Waals surface area contributed by atoms with Gasteiger partial charge in [-0.1, -0.05) is 13.8 Å². The average molecular weight is 214 g/mol. The van der Waals surface area contributed by atoms with Crippen molar-refractivity contribution in [2.75, 3.05) is 39.4 Å². The molecular formula is C12H26N2O. The highest BCUT2D eigenvalue weighted by Crippen LogP contribution is 2.19. The van der Waals surface area contributed by atoms with Gasteiger partial charge in [-0.2, -0.15) is 0 Å². The lowest BCUT2D eigenvalue weighted by Gasteiger charge is -2.43. The number of morpholine rings is 1. The Morgan fingerprint density at radius 3 is 2.80 bits per heavy atom. The topological polar surface area (TPSA) is 24.5 Å². The van der Waals surface area contributed by atoms with Crippen molar-refractivity contribution >= 4 is 0 Å². The Kier molecular flexibility index (Phi) is 5.03. The first-order valence-electron chi connectivity index (χ1n) is 6.10. The lowest BCUT2D eigenvalue weighted by atomic mass is 10.00. The molecule has 0 aromatic carbocycles. The van der Waals surface area contributed by atoms with E-state index < -0.39 is 0 Å². The third-order valence-electron chi connectivity index (χ3n) is 3.09. The van der Waals surface area contributed by atoms with Gasteiger partial charge < -0.3 is 10.1 Å². The molecule has 0 spiro atoms. The summed E-state index contributed by atoms with van der Waals surface area (Å²) in [5, 5.41) is 3.41. The van der Waals surface area contributed by atoms with Crippen molar-refractivity contribution in [1.29, 1.82) is 0 Å². The van der Waals surface area contributed by atoms with E-state index >= 15 is 0 Å². The fraction of sp³-hybridized carbons (Fsp3) is 1.00. The van der Waals surface area contributed by atoms with Crippen LogP contribution >= 0.6 is 0 Å². The number of rotatable bonds is 5. The minimum absolute atomic E-state index is 0.207. The van der Waals surface area contributed by atoms with Crippen LogP contribution in [-0.2, 0) is 4.74 Å². The summed E-state index contributed by atoms with van der Waals surface area (Å²) in [5.74, 6) is 0.710. The van der Waals surface area contributed by atoms with Crippen LogP contribution in [0, 0.1) is 5.92 Å². The first-order valence-corrected chi connectivity index (χ1v) is 6.10. The van der Waals surface area contributed by atoms with Crippen molar-refractivity contribution < 1.29 is 4.74 Å². The van der Waals surface area contributed by atoms with E-state index in [1.165, 1.54) is 6.54 Å². The molecule has 1 aliphatic heterocycles. The Bertz CT molecular complexity index is 182. The molecule has 0 bridgehead atoms. The number of ether oxygens (including phenoxy) is 1. The second kappa shape index (κ2) is 5.83. The summed E-state index contributed by atoms with van der Waals surface area (Å²) in [6.07, 6.45) is 0. The van der Waals surface area contributed by atoms with Crippen molar-refractivity contribution in [1.82, 2.24) is 10.2 Å². The average Bonchev–Trinajstić information content (AvgIpc) is 2.18. The van der Waals surface area contributed by atoms with Crippen molar-refractivity contribution in [3.05, 3.63) is 0 Å². The Morgan fingerprint density at radius 2 is 2.20 bits per heavy atom.